The fraction of sp³-hybridized carbons (Fsp3) is 0.529. The smallest absolute Gasteiger partial charge is 0.424 e. The van der Waals surface area contributed by atoms with Crippen molar-refractivity contribution in [3.8, 4) is 0 Å². The van der Waals surface area contributed by atoms with E-state index in [9.17, 15) is 23.6 Å². The Morgan fingerprint density at radius 1 is 0.674 bits per heavy atom. The van der Waals surface area contributed by atoms with Gasteiger partial charge < -0.3 is 19.5 Å². The number of amides is 4. The summed E-state index contributed by atoms with van der Waals surface area (Å²) in [6, 6.07) is 7.68. The van der Waals surface area contributed by atoms with Crippen molar-refractivity contribution in [3.05, 3.63) is 53.6 Å². The van der Waals surface area contributed by atoms with Crippen LogP contribution >= 0.6 is 0 Å². The predicted octanol–water partition coefficient (Wildman–Crippen LogP) is 8.96. The average Bonchev–Trinajstić information content (AvgIpc) is 2.81. The second-order valence-corrected chi connectivity index (χ2v) is 15.1. The minimum absolute atomic E-state index is 0.0171. The van der Waals surface area contributed by atoms with E-state index < -0.39 is 69.4 Å². The molecule has 0 spiro atoms. The summed E-state index contributed by atoms with van der Waals surface area (Å²) in [5, 5.41) is 2.60. The van der Waals surface area contributed by atoms with Crippen molar-refractivity contribution in [2.75, 3.05) is 15.1 Å². The zero-order valence-corrected chi connectivity index (χ0v) is 28.9. The summed E-state index contributed by atoms with van der Waals surface area (Å²) in [6.45, 7) is 19.5. The number of nitrogens with zero attached hydrogens (tertiary/aromatic N) is 2. The fourth-order valence-electron chi connectivity index (χ4n) is 3.97. The molecule has 0 unspecified atom stereocenters. The topological polar surface area (TPSA) is 114 Å². The van der Waals surface area contributed by atoms with Gasteiger partial charge in [-0.3, -0.25) is 9.69 Å². The Morgan fingerprint density at radius 2 is 1.13 bits per heavy atom. The standard InChI is InChI=1S/C34H47F2N3O7/c1-31(2,3)19-25(40)37-23-17-18-24(38(28(41)44-32(4,5)6)20-21-13-15-22(35)16-14-21)26(36)27(23)39(29(42)45-33(7,8)9)30(43)46-34(10,11)12/h13-18H,19-20H2,1-12H3,(H,37,40). The molecule has 254 valence electrons. The zero-order valence-electron chi connectivity index (χ0n) is 28.9. The Balaban J connectivity index is 2.91. The molecule has 2 rings (SSSR count). The summed E-state index contributed by atoms with van der Waals surface area (Å²) in [6.07, 6.45) is -3.52. The number of imide groups is 1. The second kappa shape index (κ2) is 14.0. The zero-order chi connectivity index (χ0) is 35.4. The van der Waals surface area contributed by atoms with Crippen LogP contribution in [-0.2, 0) is 25.5 Å². The molecule has 0 aromatic heterocycles. The third kappa shape index (κ3) is 11.9. The molecule has 0 aliphatic carbocycles. The van der Waals surface area contributed by atoms with Crippen LogP contribution in [0, 0.1) is 17.0 Å². The van der Waals surface area contributed by atoms with Gasteiger partial charge >= 0.3 is 18.3 Å². The first kappa shape index (κ1) is 38.0. The van der Waals surface area contributed by atoms with Gasteiger partial charge in [0.15, 0.2) is 5.82 Å². The molecule has 0 saturated carbocycles. The van der Waals surface area contributed by atoms with Gasteiger partial charge in [0.05, 0.1) is 17.9 Å². The Labute approximate surface area is 270 Å². The highest BCUT2D eigenvalue weighted by Gasteiger charge is 2.39. The van der Waals surface area contributed by atoms with Crippen LogP contribution in [0.2, 0.25) is 0 Å². The first-order valence-electron chi connectivity index (χ1n) is 14.9. The summed E-state index contributed by atoms with van der Waals surface area (Å²) >= 11 is 0. The van der Waals surface area contributed by atoms with E-state index in [0.717, 1.165) is 4.90 Å². The lowest BCUT2D eigenvalue weighted by Gasteiger charge is -2.32. The maximum absolute atomic E-state index is 17.1. The van der Waals surface area contributed by atoms with Gasteiger partial charge in [-0.25, -0.2) is 23.2 Å². The lowest BCUT2D eigenvalue weighted by molar-refractivity contribution is -0.117. The normalized spacial score (nSPS) is 12.2. The minimum Gasteiger partial charge on any atom is -0.443 e. The van der Waals surface area contributed by atoms with E-state index in [-0.39, 0.29) is 18.7 Å². The maximum Gasteiger partial charge on any atom is 0.424 e. The van der Waals surface area contributed by atoms with Gasteiger partial charge in [-0.15, -0.1) is 0 Å². The summed E-state index contributed by atoms with van der Waals surface area (Å²) in [5.74, 6) is -2.27. The van der Waals surface area contributed by atoms with Gasteiger partial charge in [-0.05, 0) is 97.6 Å². The number of anilines is 3. The fourth-order valence-corrected chi connectivity index (χ4v) is 3.97. The van der Waals surface area contributed by atoms with Crippen LogP contribution in [0.1, 0.15) is 95.1 Å². The number of hydrogen-bond donors (Lipinski definition) is 1. The van der Waals surface area contributed by atoms with Crippen LogP contribution < -0.4 is 15.1 Å². The highest BCUT2D eigenvalue weighted by atomic mass is 19.1. The lowest BCUT2D eigenvalue weighted by atomic mass is 9.92. The third-order valence-electron chi connectivity index (χ3n) is 5.60. The Morgan fingerprint density at radius 3 is 1.57 bits per heavy atom. The Bertz CT molecular complexity index is 1400. The second-order valence-electron chi connectivity index (χ2n) is 15.1. The van der Waals surface area contributed by atoms with E-state index in [0.29, 0.717) is 10.5 Å². The molecule has 0 saturated heterocycles. The summed E-state index contributed by atoms with van der Waals surface area (Å²) in [4.78, 5) is 55.1. The number of carbonyl (C=O) groups excluding carboxylic acids is 4. The first-order valence-corrected chi connectivity index (χ1v) is 14.9. The van der Waals surface area contributed by atoms with Crippen LogP contribution in [0.3, 0.4) is 0 Å². The molecule has 0 aliphatic heterocycles. The van der Waals surface area contributed by atoms with Crippen molar-refractivity contribution in [1.29, 1.82) is 0 Å². The third-order valence-corrected chi connectivity index (χ3v) is 5.60. The summed E-state index contributed by atoms with van der Waals surface area (Å²) in [5.41, 5.74) is -4.63. The van der Waals surface area contributed by atoms with Gasteiger partial charge in [0.25, 0.3) is 0 Å². The van der Waals surface area contributed by atoms with E-state index in [1.54, 1.807) is 62.3 Å². The van der Waals surface area contributed by atoms with E-state index in [1.165, 1.54) is 36.4 Å². The molecule has 0 heterocycles. The van der Waals surface area contributed by atoms with Crippen LogP contribution in [0.4, 0.5) is 40.2 Å². The number of rotatable bonds is 6. The van der Waals surface area contributed by atoms with Crippen LogP contribution in [0.5, 0.6) is 0 Å². The largest absolute Gasteiger partial charge is 0.443 e. The van der Waals surface area contributed by atoms with E-state index in [1.807, 2.05) is 20.8 Å². The van der Waals surface area contributed by atoms with Crippen molar-refractivity contribution in [2.45, 2.75) is 113 Å². The van der Waals surface area contributed by atoms with Gasteiger partial charge in [-0.2, -0.15) is 4.90 Å². The van der Waals surface area contributed by atoms with Crippen LogP contribution in [0.25, 0.3) is 0 Å². The highest BCUT2D eigenvalue weighted by molar-refractivity contribution is 6.14. The van der Waals surface area contributed by atoms with Gasteiger partial charge in [0.2, 0.25) is 5.91 Å². The van der Waals surface area contributed by atoms with Gasteiger partial charge in [0.1, 0.15) is 28.3 Å². The summed E-state index contributed by atoms with van der Waals surface area (Å²) in [7, 11) is 0. The number of ether oxygens (including phenoxy) is 3. The van der Waals surface area contributed by atoms with Crippen LogP contribution in [0.15, 0.2) is 36.4 Å². The molecule has 1 N–H and O–H groups in total. The number of carbonyl (C=O) groups is 4. The van der Waals surface area contributed by atoms with Crippen molar-refractivity contribution in [3.63, 3.8) is 0 Å². The number of benzene rings is 2. The quantitative estimate of drug-likeness (QED) is 0.311. The maximum atomic E-state index is 17.1. The molecule has 2 aromatic carbocycles. The summed E-state index contributed by atoms with van der Waals surface area (Å²) < 4.78 is 47.2. The van der Waals surface area contributed by atoms with Crippen molar-refractivity contribution in [2.24, 2.45) is 5.41 Å². The molecule has 0 bridgehead atoms. The molecule has 4 amide bonds. The molecule has 0 aliphatic rings. The molecular formula is C34H47F2N3O7. The molecule has 0 radical (unpaired) electrons. The number of hydrogen-bond acceptors (Lipinski definition) is 7. The molecule has 0 fully saturated rings. The Hall–Kier alpha value is -4.22. The van der Waals surface area contributed by atoms with Crippen molar-refractivity contribution >= 4 is 41.2 Å². The van der Waals surface area contributed by atoms with E-state index in [4.69, 9.17) is 14.2 Å². The molecule has 10 nitrogen and oxygen atoms in total. The SMILES string of the molecule is CC(C)(C)CC(=O)Nc1ccc(N(Cc2ccc(F)cc2)C(=O)OC(C)(C)C)c(F)c1N(C(=O)OC(C)(C)C)C(=O)OC(C)(C)C. The first-order chi connectivity index (χ1) is 20.8. The Kier molecular flexibility index (Phi) is 11.6. The average molecular weight is 648 g/mol. The van der Waals surface area contributed by atoms with Crippen molar-refractivity contribution in [1.82, 2.24) is 0 Å². The number of halogens is 2. The molecule has 2 aromatic rings. The molecular weight excluding hydrogens is 600 g/mol. The van der Waals surface area contributed by atoms with E-state index >= 15 is 4.39 Å². The highest BCUT2D eigenvalue weighted by Crippen LogP contribution is 2.39. The number of nitrogens with one attached hydrogen (secondary N) is 1. The van der Waals surface area contributed by atoms with Crippen molar-refractivity contribution < 1.29 is 42.2 Å². The monoisotopic (exact) mass is 647 g/mol. The molecule has 12 heteroatoms. The van der Waals surface area contributed by atoms with Gasteiger partial charge in [-0.1, -0.05) is 32.9 Å². The lowest BCUT2D eigenvalue weighted by Crippen LogP contribution is -2.45. The predicted molar refractivity (Wildman–Crippen MR) is 173 cm³/mol. The molecule has 0 atom stereocenters. The van der Waals surface area contributed by atoms with Crippen LogP contribution in [-0.4, -0.2) is 41.0 Å². The minimum atomic E-state index is -1.29. The molecule has 46 heavy (non-hydrogen) atoms. The van der Waals surface area contributed by atoms with E-state index in [2.05, 4.69) is 5.32 Å². The van der Waals surface area contributed by atoms with Gasteiger partial charge in [0, 0.05) is 6.42 Å².